The van der Waals surface area contributed by atoms with Crippen molar-refractivity contribution in [1.82, 2.24) is 5.32 Å². The second-order valence-electron chi connectivity index (χ2n) is 3.08. The van der Waals surface area contributed by atoms with Gasteiger partial charge in [0.15, 0.2) is 6.10 Å². The Morgan fingerprint density at radius 3 is 2.50 bits per heavy atom. The van der Waals surface area contributed by atoms with E-state index in [1.54, 1.807) is 0 Å². The molecule has 1 unspecified atom stereocenters. The highest BCUT2D eigenvalue weighted by molar-refractivity contribution is 5.81. The highest BCUT2D eigenvalue weighted by atomic mass is 16.3. The summed E-state index contributed by atoms with van der Waals surface area (Å²) in [5.74, 6) is -0.788. The van der Waals surface area contributed by atoms with Crippen molar-refractivity contribution in [2.45, 2.75) is 30.9 Å². The second kappa shape index (κ2) is 3.10. The molecule has 1 fully saturated rings. The number of aliphatic hydroxyl groups is 1. The Hall–Kier alpha value is -1.10. The van der Waals surface area contributed by atoms with Crippen molar-refractivity contribution < 1.29 is 14.7 Å². The third-order valence-electron chi connectivity index (χ3n) is 2.39. The van der Waals surface area contributed by atoms with Crippen LogP contribution in [0.25, 0.3) is 0 Å². The van der Waals surface area contributed by atoms with Crippen LogP contribution in [0, 0.1) is 0 Å². The van der Waals surface area contributed by atoms with E-state index in [4.69, 9.17) is 5.73 Å². The fourth-order valence-corrected chi connectivity index (χ4v) is 1.44. The molecule has 5 nitrogen and oxygen atoms in total. The molecule has 0 radical (unpaired) electrons. The van der Waals surface area contributed by atoms with Crippen molar-refractivity contribution in [3.05, 3.63) is 0 Å². The van der Waals surface area contributed by atoms with Crippen LogP contribution in [0.15, 0.2) is 0 Å². The molecule has 0 spiro atoms. The molecular formula is C7H12N2O3. The average molecular weight is 172 g/mol. The van der Waals surface area contributed by atoms with E-state index in [1.807, 2.05) is 0 Å². The molecule has 0 aromatic rings. The minimum Gasteiger partial charge on any atom is -0.381 e. The first kappa shape index (κ1) is 8.99. The number of hydrogen-bond acceptors (Lipinski definition) is 3. The molecule has 1 aliphatic carbocycles. The van der Waals surface area contributed by atoms with Gasteiger partial charge in [-0.3, -0.25) is 9.59 Å². The van der Waals surface area contributed by atoms with Crippen molar-refractivity contribution in [1.29, 1.82) is 0 Å². The number of nitrogens with two attached hydrogens (primary N) is 1. The largest absolute Gasteiger partial charge is 0.381 e. The molecular weight excluding hydrogens is 160 g/mol. The van der Waals surface area contributed by atoms with Gasteiger partial charge in [0, 0.05) is 0 Å². The molecule has 1 atom stereocenters. The monoisotopic (exact) mass is 172 g/mol. The zero-order valence-corrected chi connectivity index (χ0v) is 6.62. The SMILES string of the molecule is NC(=O)C(O)C1(NC=O)CCC1. The fraction of sp³-hybridized carbons (Fsp3) is 0.714. The fourth-order valence-electron chi connectivity index (χ4n) is 1.44. The predicted octanol–water partition coefficient (Wildman–Crippen LogP) is -1.50. The number of primary amides is 1. The van der Waals surface area contributed by atoms with Gasteiger partial charge in [-0.05, 0) is 19.3 Å². The van der Waals surface area contributed by atoms with E-state index in [-0.39, 0.29) is 0 Å². The second-order valence-corrected chi connectivity index (χ2v) is 3.08. The summed E-state index contributed by atoms with van der Waals surface area (Å²) in [6.45, 7) is 0. The molecule has 68 valence electrons. The van der Waals surface area contributed by atoms with E-state index in [0.29, 0.717) is 19.3 Å². The molecule has 0 bridgehead atoms. The molecule has 0 aliphatic heterocycles. The lowest BCUT2D eigenvalue weighted by atomic mass is 9.72. The summed E-state index contributed by atoms with van der Waals surface area (Å²) in [6, 6.07) is 0. The van der Waals surface area contributed by atoms with Crippen molar-refractivity contribution in [2.75, 3.05) is 0 Å². The molecule has 2 amide bonds. The van der Waals surface area contributed by atoms with Crippen molar-refractivity contribution >= 4 is 12.3 Å². The summed E-state index contributed by atoms with van der Waals surface area (Å²) in [5.41, 5.74) is 4.13. The molecule has 0 saturated heterocycles. The number of carbonyl (C=O) groups is 2. The summed E-state index contributed by atoms with van der Waals surface area (Å²) in [7, 11) is 0. The quantitative estimate of drug-likeness (QED) is 0.451. The van der Waals surface area contributed by atoms with Gasteiger partial charge in [-0.1, -0.05) is 0 Å². The van der Waals surface area contributed by atoms with Gasteiger partial charge >= 0.3 is 0 Å². The molecule has 4 N–H and O–H groups in total. The van der Waals surface area contributed by atoms with Crippen LogP contribution < -0.4 is 11.1 Å². The van der Waals surface area contributed by atoms with Crippen LogP contribution >= 0.6 is 0 Å². The Morgan fingerprint density at radius 2 is 2.25 bits per heavy atom. The smallest absolute Gasteiger partial charge is 0.248 e. The molecule has 5 heteroatoms. The van der Waals surface area contributed by atoms with E-state index >= 15 is 0 Å². The molecule has 1 aliphatic rings. The van der Waals surface area contributed by atoms with Crippen LogP contribution in [0.1, 0.15) is 19.3 Å². The topological polar surface area (TPSA) is 92.4 Å². The zero-order chi connectivity index (χ0) is 9.19. The summed E-state index contributed by atoms with van der Waals surface area (Å²) in [5, 5.41) is 11.8. The lowest BCUT2D eigenvalue weighted by Gasteiger charge is -2.43. The standard InChI is InChI=1S/C7H12N2O3/c8-6(12)5(11)7(9-4-10)2-1-3-7/h4-5,11H,1-3H2,(H2,8,12)(H,9,10). The summed E-state index contributed by atoms with van der Waals surface area (Å²) >= 11 is 0. The summed E-state index contributed by atoms with van der Waals surface area (Å²) in [4.78, 5) is 20.8. The zero-order valence-electron chi connectivity index (χ0n) is 6.62. The third kappa shape index (κ3) is 1.27. The van der Waals surface area contributed by atoms with Crippen molar-refractivity contribution in [2.24, 2.45) is 5.73 Å². The van der Waals surface area contributed by atoms with Crippen LogP contribution in [0.4, 0.5) is 0 Å². The van der Waals surface area contributed by atoms with Gasteiger partial charge in [-0.2, -0.15) is 0 Å². The number of rotatable bonds is 4. The number of amides is 2. The summed E-state index contributed by atoms with van der Waals surface area (Å²) < 4.78 is 0. The first-order chi connectivity index (χ1) is 5.62. The van der Waals surface area contributed by atoms with Crippen LogP contribution in [-0.4, -0.2) is 29.1 Å². The van der Waals surface area contributed by atoms with Crippen molar-refractivity contribution in [3.63, 3.8) is 0 Å². The van der Waals surface area contributed by atoms with Crippen LogP contribution in [0.5, 0.6) is 0 Å². The number of aliphatic hydroxyl groups excluding tert-OH is 1. The Balaban J connectivity index is 2.65. The first-order valence-electron chi connectivity index (χ1n) is 3.81. The van der Waals surface area contributed by atoms with Gasteiger partial charge in [0.1, 0.15) is 0 Å². The van der Waals surface area contributed by atoms with Crippen molar-refractivity contribution in [3.8, 4) is 0 Å². The molecule has 0 aromatic heterocycles. The molecule has 12 heavy (non-hydrogen) atoms. The maximum Gasteiger partial charge on any atom is 0.248 e. The minimum atomic E-state index is -1.27. The van der Waals surface area contributed by atoms with Gasteiger partial charge in [-0.15, -0.1) is 0 Å². The van der Waals surface area contributed by atoms with E-state index in [0.717, 1.165) is 6.42 Å². The molecule has 0 aromatic carbocycles. The lowest BCUT2D eigenvalue weighted by Crippen LogP contribution is -2.62. The Bertz CT molecular complexity index is 201. The maximum atomic E-state index is 10.6. The molecule has 1 rings (SSSR count). The van der Waals surface area contributed by atoms with Crippen LogP contribution in [0.2, 0.25) is 0 Å². The van der Waals surface area contributed by atoms with E-state index < -0.39 is 17.6 Å². The van der Waals surface area contributed by atoms with Crippen LogP contribution in [0.3, 0.4) is 0 Å². The third-order valence-corrected chi connectivity index (χ3v) is 2.39. The van der Waals surface area contributed by atoms with Gasteiger partial charge in [0.25, 0.3) is 0 Å². The highest BCUT2D eigenvalue weighted by Gasteiger charge is 2.45. The van der Waals surface area contributed by atoms with E-state index in [9.17, 15) is 14.7 Å². The highest BCUT2D eigenvalue weighted by Crippen LogP contribution is 2.34. The number of hydrogen-bond donors (Lipinski definition) is 3. The predicted molar refractivity (Wildman–Crippen MR) is 41.0 cm³/mol. The van der Waals surface area contributed by atoms with Gasteiger partial charge < -0.3 is 16.2 Å². The maximum absolute atomic E-state index is 10.6. The minimum absolute atomic E-state index is 0.491. The lowest BCUT2D eigenvalue weighted by molar-refractivity contribution is -0.134. The molecule has 1 saturated carbocycles. The van der Waals surface area contributed by atoms with E-state index in [1.165, 1.54) is 0 Å². The van der Waals surface area contributed by atoms with E-state index in [2.05, 4.69) is 5.32 Å². The number of nitrogens with one attached hydrogen (secondary N) is 1. The Morgan fingerprint density at radius 1 is 1.67 bits per heavy atom. The Labute approximate surface area is 69.9 Å². The Kier molecular flexibility index (Phi) is 2.32. The van der Waals surface area contributed by atoms with Gasteiger partial charge in [0.2, 0.25) is 12.3 Å². The van der Waals surface area contributed by atoms with Gasteiger partial charge in [-0.25, -0.2) is 0 Å². The van der Waals surface area contributed by atoms with Crippen LogP contribution in [-0.2, 0) is 9.59 Å². The summed E-state index contributed by atoms with van der Waals surface area (Å²) in [6.07, 6.45) is 1.33. The first-order valence-corrected chi connectivity index (χ1v) is 3.81. The normalized spacial score (nSPS) is 22.1. The van der Waals surface area contributed by atoms with Gasteiger partial charge in [0.05, 0.1) is 5.54 Å². The average Bonchev–Trinajstić information content (AvgIpc) is 1.95. The number of carbonyl (C=O) groups excluding carboxylic acids is 2. The molecule has 0 heterocycles.